The molecule has 0 spiro atoms. The standard InChI is InChI=1S/C22H24ClN7O2/c23-16-5-1-4-15(10-16)11-26-20-18(21(32)27-13-19-24-7-3-8-25-19)12-28-22(29-20)30-9-2-6-17(30)14-31/h1,3-5,7-8,10,12,17,31H,2,6,9,11,13-14H2,(H,27,32)(H,26,28,29)/t17-/m0/s1. The number of nitrogens with zero attached hydrogens (tertiary/aromatic N) is 5. The van der Waals surface area contributed by atoms with Crippen LogP contribution in [0.25, 0.3) is 0 Å². The number of aliphatic hydroxyl groups excluding tert-OH is 1. The van der Waals surface area contributed by atoms with Gasteiger partial charge in [-0.3, -0.25) is 4.79 Å². The molecule has 1 fully saturated rings. The van der Waals surface area contributed by atoms with Crippen molar-refractivity contribution in [2.45, 2.75) is 32.0 Å². The third kappa shape index (κ3) is 5.30. The van der Waals surface area contributed by atoms with Crippen molar-refractivity contribution in [3.05, 3.63) is 70.9 Å². The lowest BCUT2D eigenvalue weighted by molar-refractivity contribution is 0.0950. The molecular formula is C22H24ClN7O2. The molecule has 4 rings (SSSR count). The Morgan fingerprint density at radius 1 is 1.19 bits per heavy atom. The molecule has 166 valence electrons. The summed E-state index contributed by atoms with van der Waals surface area (Å²) in [5, 5.41) is 16.4. The molecule has 9 nitrogen and oxygen atoms in total. The minimum atomic E-state index is -0.335. The number of halogens is 1. The molecule has 32 heavy (non-hydrogen) atoms. The van der Waals surface area contributed by atoms with Crippen LogP contribution in [0.15, 0.2) is 48.9 Å². The summed E-state index contributed by atoms with van der Waals surface area (Å²) in [5.41, 5.74) is 1.27. The lowest BCUT2D eigenvalue weighted by Gasteiger charge is -2.24. The molecule has 1 saturated heterocycles. The summed E-state index contributed by atoms with van der Waals surface area (Å²) < 4.78 is 0. The monoisotopic (exact) mass is 453 g/mol. The summed E-state index contributed by atoms with van der Waals surface area (Å²) in [5.74, 6) is 1.07. The molecular weight excluding hydrogens is 430 g/mol. The summed E-state index contributed by atoms with van der Waals surface area (Å²) in [6.07, 6.45) is 6.59. The first kappa shape index (κ1) is 21.9. The van der Waals surface area contributed by atoms with E-state index < -0.39 is 0 Å². The Morgan fingerprint density at radius 2 is 2.03 bits per heavy atom. The fourth-order valence-electron chi connectivity index (χ4n) is 3.61. The molecule has 1 aromatic carbocycles. The topological polar surface area (TPSA) is 116 Å². The molecule has 0 bridgehead atoms. The van der Waals surface area contributed by atoms with Gasteiger partial charge in [-0.05, 0) is 36.6 Å². The molecule has 0 unspecified atom stereocenters. The zero-order valence-corrected chi connectivity index (χ0v) is 18.2. The van der Waals surface area contributed by atoms with Gasteiger partial charge in [0.2, 0.25) is 5.95 Å². The first-order valence-electron chi connectivity index (χ1n) is 10.4. The lowest BCUT2D eigenvalue weighted by Crippen LogP contribution is -2.34. The van der Waals surface area contributed by atoms with Gasteiger partial charge in [0.1, 0.15) is 17.2 Å². The van der Waals surface area contributed by atoms with Crippen LogP contribution in [0.1, 0.15) is 34.6 Å². The van der Waals surface area contributed by atoms with Crippen LogP contribution in [0.2, 0.25) is 5.02 Å². The maximum Gasteiger partial charge on any atom is 0.256 e. The number of carbonyl (C=O) groups is 1. The number of aliphatic hydroxyl groups is 1. The average molecular weight is 454 g/mol. The lowest BCUT2D eigenvalue weighted by atomic mass is 10.2. The number of aromatic nitrogens is 4. The van der Waals surface area contributed by atoms with Crippen molar-refractivity contribution < 1.29 is 9.90 Å². The van der Waals surface area contributed by atoms with Gasteiger partial charge < -0.3 is 20.6 Å². The summed E-state index contributed by atoms with van der Waals surface area (Å²) >= 11 is 6.09. The molecule has 3 aromatic rings. The Balaban J connectivity index is 1.56. The van der Waals surface area contributed by atoms with Crippen molar-refractivity contribution in [2.24, 2.45) is 0 Å². The van der Waals surface area contributed by atoms with E-state index >= 15 is 0 Å². The van der Waals surface area contributed by atoms with Crippen LogP contribution in [0, 0.1) is 0 Å². The molecule has 1 aliphatic rings. The van der Waals surface area contributed by atoms with E-state index in [2.05, 4.69) is 30.6 Å². The van der Waals surface area contributed by atoms with Gasteiger partial charge >= 0.3 is 0 Å². The van der Waals surface area contributed by atoms with Gasteiger partial charge in [0.05, 0.1) is 19.2 Å². The van der Waals surface area contributed by atoms with Crippen molar-refractivity contribution >= 4 is 29.3 Å². The molecule has 1 atom stereocenters. The van der Waals surface area contributed by atoms with E-state index in [0.29, 0.717) is 34.7 Å². The zero-order chi connectivity index (χ0) is 22.3. The molecule has 1 amide bonds. The molecule has 0 radical (unpaired) electrons. The second-order valence-electron chi connectivity index (χ2n) is 7.44. The molecule has 3 heterocycles. The van der Waals surface area contributed by atoms with E-state index in [1.165, 1.54) is 6.20 Å². The number of benzene rings is 1. The van der Waals surface area contributed by atoms with Gasteiger partial charge in [0.15, 0.2) is 0 Å². The van der Waals surface area contributed by atoms with Crippen LogP contribution in [0.4, 0.5) is 11.8 Å². The number of hydrogen-bond donors (Lipinski definition) is 3. The average Bonchev–Trinajstić information content (AvgIpc) is 3.31. The van der Waals surface area contributed by atoms with Crippen molar-refractivity contribution in [1.82, 2.24) is 25.3 Å². The van der Waals surface area contributed by atoms with E-state index in [1.807, 2.05) is 23.1 Å². The first-order chi connectivity index (χ1) is 15.6. The Morgan fingerprint density at radius 3 is 2.81 bits per heavy atom. The Kier molecular flexibility index (Phi) is 7.08. The van der Waals surface area contributed by atoms with Crippen LogP contribution in [-0.2, 0) is 13.1 Å². The number of carbonyl (C=O) groups excluding carboxylic acids is 1. The molecule has 10 heteroatoms. The highest BCUT2D eigenvalue weighted by atomic mass is 35.5. The molecule has 1 aliphatic heterocycles. The quantitative estimate of drug-likeness (QED) is 0.476. The normalized spacial score (nSPS) is 15.6. The SMILES string of the molecule is O=C(NCc1ncccn1)c1cnc(N2CCC[C@H]2CO)nc1NCc1cccc(Cl)c1. The minimum Gasteiger partial charge on any atom is -0.394 e. The van der Waals surface area contributed by atoms with Crippen LogP contribution in [-0.4, -0.2) is 50.1 Å². The molecule has 3 N–H and O–H groups in total. The number of anilines is 2. The van der Waals surface area contributed by atoms with E-state index in [1.54, 1.807) is 24.5 Å². The largest absolute Gasteiger partial charge is 0.394 e. The fourth-order valence-corrected chi connectivity index (χ4v) is 3.82. The summed E-state index contributed by atoms with van der Waals surface area (Å²) in [6.45, 7) is 1.42. The Hall–Kier alpha value is -3.30. The van der Waals surface area contributed by atoms with Crippen molar-refractivity contribution in [1.29, 1.82) is 0 Å². The van der Waals surface area contributed by atoms with Crippen LogP contribution < -0.4 is 15.5 Å². The molecule has 0 aliphatic carbocycles. The third-order valence-corrected chi connectivity index (χ3v) is 5.48. The van der Waals surface area contributed by atoms with Gasteiger partial charge in [-0.25, -0.2) is 15.0 Å². The summed E-state index contributed by atoms with van der Waals surface area (Å²) in [7, 11) is 0. The highest BCUT2D eigenvalue weighted by molar-refractivity contribution is 6.30. The second-order valence-corrected chi connectivity index (χ2v) is 7.87. The zero-order valence-electron chi connectivity index (χ0n) is 17.4. The van der Waals surface area contributed by atoms with Gasteiger partial charge in [0, 0.05) is 36.7 Å². The van der Waals surface area contributed by atoms with E-state index in [9.17, 15) is 9.90 Å². The highest BCUT2D eigenvalue weighted by Crippen LogP contribution is 2.25. The van der Waals surface area contributed by atoms with Gasteiger partial charge in [-0.1, -0.05) is 23.7 Å². The number of amides is 1. The smallest absolute Gasteiger partial charge is 0.256 e. The maximum absolute atomic E-state index is 12.9. The second kappa shape index (κ2) is 10.3. The van der Waals surface area contributed by atoms with Crippen LogP contribution in [0.5, 0.6) is 0 Å². The third-order valence-electron chi connectivity index (χ3n) is 5.24. The van der Waals surface area contributed by atoms with Gasteiger partial charge in [0.25, 0.3) is 5.91 Å². The predicted octanol–water partition coefficient (Wildman–Crippen LogP) is 2.42. The number of hydrogen-bond acceptors (Lipinski definition) is 8. The Labute approximate surface area is 190 Å². The van der Waals surface area contributed by atoms with Crippen molar-refractivity contribution in [2.75, 3.05) is 23.4 Å². The van der Waals surface area contributed by atoms with Crippen LogP contribution >= 0.6 is 11.6 Å². The Bertz CT molecular complexity index is 1070. The molecule has 0 saturated carbocycles. The fraction of sp³-hybridized carbons (Fsp3) is 0.318. The molecule has 2 aromatic heterocycles. The van der Waals surface area contributed by atoms with E-state index in [4.69, 9.17) is 11.6 Å². The van der Waals surface area contributed by atoms with E-state index in [-0.39, 0.29) is 25.1 Å². The summed E-state index contributed by atoms with van der Waals surface area (Å²) in [6, 6.07) is 9.16. The van der Waals surface area contributed by atoms with E-state index in [0.717, 1.165) is 24.9 Å². The predicted molar refractivity (Wildman–Crippen MR) is 121 cm³/mol. The van der Waals surface area contributed by atoms with Gasteiger partial charge in [-0.15, -0.1) is 0 Å². The first-order valence-corrected chi connectivity index (χ1v) is 10.8. The van der Waals surface area contributed by atoms with Crippen molar-refractivity contribution in [3.63, 3.8) is 0 Å². The van der Waals surface area contributed by atoms with Gasteiger partial charge in [-0.2, -0.15) is 4.98 Å². The van der Waals surface area contributed by atoms with Crippen molar-refractivity contribution in [3.8, 4) is 0 Å². The highest BCUT2D eigenvalue weighted by Gasteiger charge is 2.27. The maximum atomic E-state index is 12.9. The minimum absolute atomic E-state index is 0.0225. The number of nitrogens with one attached hydrogen (secondary N) is 2. The van der Waals surface area contributed by atoms with Crippen LogP contribution in [0.3, 0.4) is 0 Å². The summed E-state index contributed by atoms with van der Waals surface area (Å²) in [4.78, 5) is 32.2. The number of rotatable bonds is 8.